The monoisotopic (exact) mass is 219 g/mol. The summed E-state index contributed by atoms with van der Waals surface area (Å²) in [5, 5.41) is 4.65. The molecule has 0 spiro atoms. The van der Waals surface area contributed by atoms with E-state index in [1.165, 1.54) is 21.4 Å². The normalized spacial score (nSPS) is 15.5. The summed E-state index contributed by atoms with van der Waals surface area (Å²) in [5.74, 6) is 0. The second kappa shape index (κ2) is 3.58. The second-order valence-electron chi connectivity index (χ2n) is 3.81. The number of furan rings is 1. The minimum atomic E-state index is 0.938. The van der Waals surface area contributed by atoms with Crippen LogP contribution in [0.1, 0.15) is 11.1 Å². The zero-order chi connectivity index (χ0) is 10.3. The first-order valence-corrected chi connectivity index (χ1v) is 6.39. The smallest absolute Gasteiger partial charge is 0.139 e. The summed E-state index contributed by atoms with van der Waals surface area (Å²) in [7, 11) is 0. The predicted octanol–water partition coefficient (Wildman–Crippen LogP) is 2.80. The standard InChI is InChI=1S/C12H13NOS/c1-15-11-7-14-12-9(11)3-2-8-4-5-13-6-10(8)12/h2-3,7,13H,4-6H2,1H3. The third-order valence-electron chi connectivity index (χ3n) is 3.00. The van der Waals surface area contributed by atoms with Gasteiger partial charge in [-0.2, -0.15) is 0 Å². The molecule has 0 radical (unpaired) electrons. The number of nitrogens with one attached hydrogen (secondary N) is 1. The molecular weight excluding hydrogens is 206 g/mol. The molecule has 0 bridgehead atoms. The van der Waals surface area contributed by atoms with Gasteiger partial charge in [-0.3, -0.25) is 0 Å². The van der Waals surface area contributed by atoms with Crippen molar-refractivity contribution in [2.45, 2.75) is 17.9 Å². The number of thioether (sulfide) groups is 1. The Hall–Kier alpha value is -0.930. The Morgan fingerprint density at radius 1 is 1.40 bits per heavy atom. The lowest BCUT2D eigenvalue weighted by Gasteiger charge is -2.16. The van der Waals surface area contributed by atoms with Crippen LogP contribution in [0.25, 0.3) is 11.0 Å². The molecule has 0 amide bonds. The summed E-state index contributed by atoms with van der Waals surface area (Å²) in [4.78, 5) is 1.23. The maximum absolute atomic E-state index is 5.68. The summed E-state index contributed by atoms with van der Waals surface area (Å²) < 4.78 is 5.68. The summed E-state index contributed by atoms with van der Waals surface area (Å²) in [6, 6.07) is 4.43. The van der Waals surface area contributed by atoms with E-state index in [4.69, 9.17) is 4.42 Å². The predicted molar refractivity (Wildman–Crippen MR) is 63.4 cm³/mol. The van der Waals surface area contributed by atoms with Gasteiger partial charge >= 0.3 is 0 Å². The number of hydrogen-bond donors (Lipinski definition) is 1. The van der Waals surface area contributed by atoms with Crippen molar-refractivity contribution < 1.29 is 4.42 Å². The van der Waals surface area contributed by atoms with E-state index in [-0.39, 0.29) is 0 Å². The van der Waals surface area contributed by atoms with Gasteiger partial charge in [0, 0.05) is 17.5 Å². The van der Waals surface area contributed by atoms with Crippen molar-refractivity contribution >= 4 is 22.7 Å². The van der Waals surface area contributed by atoms with Gasteiger partial charge in [0.15, 0.2) is 0 Å². The van der Waals surface area contributed by atoms with E-state index in [1.807, 2.05) is 6.26 Å². The summed E-state index contributed by atoms with van der Waals surface area (Å²) in [6.07, 6.45) is 5.06. The Bertz CT molecular complexity index is 504. The molecule has 2 nitrogen and oxygen atoms in total. The zero-order valence-corrected chi connectivity index (χ0v) is 9.49. The van der Waals surface area contributed by atoms with Crippen LogP contribution in [0.3, 0.4) is 0 Å². The lowest BCUT2D eigenvalue weighted by Crippen LogP contribution is -2.23. The van der Waals surface area contributed by atoms with Crippen molar-refractivity contribution in [1.82, 2.24) is 5.32 Å². The van der Waals surface area contributed by atoms with Crippen molar-refractivity contribution in [1.29, 1.82) is 0 Å². The van der Waals surface area contributed by atoms with Gasteiger partial charge in [0.2, 0.25) is 0 Å². The SMILES string of the molecule is CSc1coc2c3c(ccc12)CCNC3. The molecule has 0 unspecified atom stereocenters. The van der Waals surface area contributed by atoms with E-state index in [9.17, 15) is 0 Å². The lowest BCUT2D eigenvalue weighted by molar-refractivity contribution is 0.585. The van der Waals surface area contributed by atoms with E-state index in [0.29, 0.717) is 0 Å². The molecule has 0 saturated carbocycles. The van der Waals surface area contributed by atoms with E-state index < -0.39 is 0 Å². The Balaban J connectivity index is 2.28. The van der Waals surface area contributed by atoms with Gasteiger partial charge in [-0.15, -0.1) is 11.8 Å². The molecule has 2 heterocycles. The highest BCUT2D eigenvalue weighted by atomic mass is 32.2. The zero-order valence-electron chi connectivity index (χ0n) is 8.67. The van der Waals surface area contributed by atoms with Crippen molar-refractivity contribution in [2.75, 3.05) is 12.8 Å². The number of hydrogen-bond acceptors (Lipinski definition) is 3. The molecule has 3 rings (SSSR count). The average molecular weight is 219 g/mol. The van der Waals surface area contributed by atoms with E-state index in [2.05, 4.69) is 23.7 Å². The first-order chi connectivity index (χ1) is 7.40. The summed E-state index contributed by atoms with van der Waals surface area (Å²) >= 11 is 1.74. The van der Waals surface area contributed by atoms with Crippen LogP contribution in [0.4, 0.5) is 0 Å². The average Bonchev–Trinajstić information content (AvgIpc) is 2.72. The Morgan fingerprint density at radius 3 is 3.20 bits per heavy atom. The first-order valence-electron chi connectivity index (χ1n) is 5.17. The molecule has 15 heavy (non-hydrogen) atoms. The minimum absolute atomic E-state index is 0.938. The van der Waals surface area contributed by atoms with Gasteiger partial charge in [-0.1, -0.05) is 6.07 Å². The largest absolute Gasteiger partial charge is 0.463 e. The quantitative estimate of drug-likeness (QED) is 0.747. The molecule has 3 heteroatoms. The Kier molecular flexibility index (Phi) is 2.22. The highest BCUT2D eigenvalue weighted by Crippen LogP contribution is 2.33. The van der Waals surface area contributed by atoms with Gasteiger partial charge in [0.1, 0.15) is 11.8 Å². The van der Waals surface area contributed by atoms with Gasteiger partial charge in [0.05, 0.1) is 4.90 Å². The molecule has 0 fully saturated rings. The number of fused-ring (bicyclic) bond motifs is 3. The van der Waals surface area contributed by atoms with Crippen LogP contribution in [0, 0.1) is 0 Å². The van der Waals surface area contributed by atoms with E-state index in [1.54, 1.807) is 11.8 Å². The van der Waals surface area contributed by atoms with Crippen molar-refractivity contribution in [2.24, 2.45) is 0 Å². The number of benzene rings is 1. The maximum atomic E-state index is 5.68. The molecule has 0 atom stereocenters. The van der Waals surface area contributed by atoms with Crippen LogP contribution in [0.2, 0.25) is 0 Å². The van der Waals surface area contributed by atoms with Crippen molar-refractivity contribution in [3.05, 3.63) is 29.5 Å². The number of rotatable bonds is 1. The van der Waals surface area contributed by atoms with Crippen LogP contribution in [0.15, 0.2) is 27.7 Å². The summed E-state index contributed by atoms with van der Waals surface area (Å²) in [5.41, 5.74) is 3.85. The molecule has 0 saturated heterocycles. The highest BCUT2D eigenvalue weighted by Gasteiger charge is 2.15. The van der Waals surface area contributed by atoms with Crippen LogP contribution < -0.4 is 5.32 Å². The minimum Gasteiger partial charge on any atom is -0.463 e. The van der Waals surface area contributed by atoms with Gasteiger partial charge in [-0.05, 0) is 30.9 Å². The molecule has 1 aromatic carbocycles. The van der Waals surface area contributed by atoms with Crippen molar-refractivity contribution in [3.63, 3.8) is 0 Å². The highest BCUT2D eigenvalue weighted by molar-refractivity contribution is 7.98. The molecule has 78 valence electrons. The van der Waals surface area contributed by atoms with Crippen LogP contribution in [0.5, 0.6) is 0 Å². The molecule has 1 aliphatic rings. The molecular formula is C12H13NOS. The van der Waals surface area contributed by atoms with E-state index >= 15 is 0 Å². The Morgan fingerprint density at radius 2 is 2.33 bits per heavy atom. The fraction of sp³-hybridized carbons (Fsp3) is 0.333. The molecule has 2 aromatic rings. The molecule has 1 N–H and O–H groups in total. The second-order valence-corrected chi connectivity index (χ2v) is 4.66. The fourth-order valence-electron chi connectivity index (χ4n) is 2.20. The molecule has 0 aliphatic carbocycles. The fourth-order valence-corrected chi connectivity index (χ4v) is 2.72. The maximum Gasteiger partial charge on any atom is 0.139 e. The topological polar surface area (TPSA) is 25.2 Å². The van der Waals surface area contributed by atoms with E-state index in [0.717, 1.165) is 25.1 Å². The van der Waals surface area contributed by atoms with Crippen LogP contribution in [-0.4, -0.2) is 12.8 Å². The first kappa shape index (κ1) is 9.31. The Labute approximate surface area is 93.0 Å². The third kappa shape index (κ3) is 1.38. The molecule has 1 aliphatic heterocycles. The summed E-state index contributed by atoms with van der Waals surface area (Å²) in [6.45, 7) is 2.02. The lowest BCUT2D eigenvalue weighted by atomic mass is 9.99. The van der Waals surface area contributed by atoms with Crippen molar-refractivity contribution in [3.8, 4) is 0 Å². The third-order valence-corrected chi connectivity index (χ3v) is 3.76. The van der Waals surface area contributed by atoms with Crippen LogP contribution in [-0.2, 0) is 13.0 Å². The molecule has 1 aromatic heterocycles. The van der Waals surface area contributed by atoms with Gasteiger partial charge in [-0.25, -0.2) is 0 Å². The van der Waals surface area contributed by atoms with Gasteiger partial charge < -0.3 is 9.73 Å². The van der Waals surface area contributed by atoms with Crippen LogP contribution >= 0.6 is 11.8 Å². The van der Waals surface area contributed by atoms with Gasteiger partial charge in [0.25, 0.3) is 0 Å².